The molecule has 0 amide bonds. The highest BCUT2D eigenvalue weighted by Gasteiger charge is 2.35. The van der Waals surface area contributed by atoms with E-state index in [4.69, 9.17) is 16.3 Å². The molecule has 3 rings (SSSR count). The first-order chi connectivity index (χ1) is 9.41. The zero-order valence-corrected chi connectivity index (χ0v) is 12.6. The fourth-order valence-electron chi connectivity index (χ4n) is 2.01. The van der Waals surface area contributed by atoms with Gasteiger partial charge in [-0.2, -0.15) is 0 Å². The maximum Gasteiger partial charge on any atom is 0.259 e. The van der Waals surface area contributed by atoms with Crippen molar-refractivity contribution in [3.8, 4) is 0 Å². The molecule has 2 aromatic heterocycles. The molecule has 110 valence electrons. The van der Waals surface area contributed by atoms with Crippen molar-refractivity contribution in [1.29, 1.82) is 0 Å². The maximum atomic E-state index is 12.3. The molecule has 10 heteroatoms. The molecule has 1 fully saturated rings. The van der Waals surface area contributed by atoms with Gasteiger partial charge in [0.15, 0.2) is 15.1 Å². The van der Waals surface area contributed by atoms with Crippen molar-refractivity contribution in [2.45, 2.75) is 17.0 Å². The molecule has 0 radical (unpaired) electrons. The molecule has 3 heterocycles. The number of aliphatic hydroxyl groups is 1. The number of hydrogen-bond acceptors (Lipinski definition) is 6. The Morgan fingerprint density at radius 1 is 1.65 bits per heavy atom. The van der Waals surface area contributed by atoms with Gasteiger partial charge in [0.1, 0.15) is 5.60 Å². The second-order valence-electron chi connectivity index (χ2n) is 4.61. The molecule has 2 N–H and O–H groups in total. The highest BCUT2D eigenvalue weighted by atomic mass is 35.5. The minimum atomic E-state index is -3.86. The van der Waals surface area contributed by atoms with Crippen molar-refractivity contribution in [2.75, 3.05) is 19.8 Å². The highest BCUT2D eigenvalue weighted by molar-refractivity contribution is 7.89. The van der Waals surface area contributed by atoms with Crippen LogP contribution in [0.1, 0.15) is 6.42 Å². The van der Waals surface area contributed by atoms with Crippen LogP contribution in [0.15, 0.2) is 16.6 Å². The van der Waals surface area contributed by atoms with Crippen molar-refractivity contribution in [1.82, 2.24) is 14.1 Å². The molecular formula is C10H12ClN3O4S2. The number of hydrogen-bond donors (Lipinski definition) is 2. The number of rotatable bonds is 4. The van der Waals surface area contributed by atoms with E-state index >= 15 is 0 Å². The van der Waals surface area contributed by atoms with Crippen LogP contribution in [0.5, 0.6) is 0 Å². The minimum Gasteiger partial charge on any atom is -0.386 e. The Hall–Kier alpha value is -0.710. The van der Waals surface area contributed by atoms with Crippen LogP contribution in [0.2, 0.25) is 5.15 Å². The van der Waals surface area contributed by atoms with Gasteiger partial charge >= 0.3 is 0 Å². The Kier molecular flexibility index (Phi) is 3.51. The first kappa shape index (κ1) is 14.2. The van der Waals surface area contributed by atoms with Gasteiger partial charge in [0.25, 0.3) is 10.0 Å². The van der Waals surface area contributed by atoms with Crippen molar-refractivity contribution >= 4 is 37.9 Å². The SMILES string of the molecule is O=S(=O)(NCC1(O)CCOC1)c1c(Cl)nc2sccn12. The first-order valence-corrected chi connectivity index (χ1v) is 8.56. The van der Waals surface area contributed by atoms with Crippen molar-refractivity contribution in [3.05, 3.63) is 16.7 Å². The molecule has 0 spiro atoms. The van der Waals surface area contributed by atoms with Crippen LogP contribution >= 0.6 is 22.9 Å². The third-order valence-electron chi connectivity index (χ3n) is 3.11. The Balaban J connectivity index is 1.88. The van der Waals surface area contributed by atoms with Crippen molar-refractivity contribution in [3.63, 3.8) is 0 Å². The second-order valence-corrected chi connectivity index (χ2v) is 7.53. The lowest BCUT2D eigenvalue weighted by molar-refractivity contribution is 0.0314. The standard InChI is InChI=1S/C10H12ClN3O4S2/c11-7-8(14-2-4-19-9(14)13-7)20(16,17)12-5-10(15)1-3-18-6-10/h2,4,12,15H,1,3,5-6H2. The number of imidazole rings is 1. The lowest BCUT2D eigenvalue weighted by Gasteiger charge is -2.20. The van der Waals surface area contributed by atoms with Crippen LogP contribution < -0.4 is 4.72 Å². The van der Waals surface area contributed by atoms with Crippen LogP contribution in [0.3, 0.4) is 0 Å². The van der Waals surface area contributed by atoms with E-state index in [0.717, 1.165) is 0 Å². The minimum absolute atomic E-state index is 0.0842. The third-order valence-corrected chi connectivity index (χ3v) is 5.66. The van der Waals surface area contributed by atoms with Gasteiger partial charge in [-0.15, -0.1) is 11.3 Å². The van der Waals surface area contributed by atoms with Crippen LogP contribution in [0.4, 0.5) is 0 Å². The number of aromatic nitrogens is 2. The molecule has 0 aliphatic carbocycles. The fraction of sp³-hybridized carbons (Fsp3) is 0.500. The Morgan fingerprint density at radius 2 is 2.45 bits per heavy atom. The molecule has 0 saturated carbocycles. The smallest absolute Gasteiger partial charge is 0.259 e. The summed E-state index contributed by atoms with van der Waals surface area (Å²) in [6.45, 7) is 0.410. The summed E-state index contributed by atoms with van der Waals surface area (Å²) in [4.78, 5) is 4.48. The molecule has 1 atom stereocenters. The molecule has 20 heavy (non-hydrogen) atoms. The molecule has 1 saturated heterocycles. The summed E-state index contributed by atoms with van der Waals surface area (Å²) >= 11 is 7.18. The second kappa shape index (κ2) is 4.93. The van der Waals surface area contributed by atoms with E-state index < -0.39 is 15.6 Å². The number of sulfonamides is 1. The predicted molar refractivity (Wildman–Crippen MR) is 73.7 cm³/mol. The molecule has 1 aliphatic heterocycles. The topological polar surface area (TPSA) is 92.9 Å². The van der Waals surface area contributed by atoms with Crippen LogP contribution in [-0.4, -0.2) is 48.3 Å². The number of nitrogens with zero attached hydrogens (tertiary/aromatic N) is 2. The molecule has 2 aromatic rings. The van der Waals surface area contributed by atoms with E-state index in [2.05, 4.69) is 9.71 Å². The van der Waals surface area contributed by atoms with Crippen LogP contribution in [0, 0.1) is 0 Å². The number of halogens is 1. The van der Waals surface area contributed by atoms with Crippen molar-refractivity contribution in [2.24, 2.45) is 0 Å². The van der Waals surface area contributed by atoms with Gasteiger partial charge in [0.05, 0.1) is 6.61 Å². The van der Waals surface area contributed by atoms with E-state index in [0.29, 0.717) is 18.0 Å². The van der Waals surface area contributed by atoms with Gasteiger partial charge in [-0.25, -0.2) is 18.1 Å². The number of ether oxygens (including phenoxy) is 1. The first-order valence-electron chi connectivity index (χ1n) is 5.82. The van der Waals surface area contributed by atoms with Crippen molar-refractivity contribution < 1.29 is 18.3 Å². The van der Waals surface area contributed by atoms with E-state index in [1.165, 1.54) is 15.7 Å². The summed E-state index contributed by atoms with van der Waals surface area (Å²) in [5, 5.41) is 11.6. The zero-order chi connectivity index (χ0) is 14.4. The summed E-state index contributed by atoms with van der Waals surface area (Å²) in [5.41, 5.74) is -1.17. The number of thiazole rings is 1. The molecule has 1 unspecified atom stereocenters. The van der Waals surface area contributed by atoms with Gasteiger partial charge in [0, 0.05) is 31.1 Å². The van der Waals surface area contributed by atoms with E-state index in [9.17, 15) is 13.5 Å². The maximum absolute atomic E-state index is 12.3. The average Bonchev–Trinajstić information content (AvgIpc) is 3.03. The molecule has 1 aliphatic rings. The Labute approximate surface area is 124 Å². The molecule has 0 bridgehead atoms. The van der Waals surface area contributed by atoms with E-state index in [1.807, 2.05) is 0 Å². The van der Waals surface area contributed by atoms with Gasteiger partial charge in [-0.3, -0.25) is 4.40 Å². The fourth-order valence-corrected chi connectivity index (χ4v) is 4.58. The Bertz CT molecular complexity index is 733. The molecular weight excluding hydrogens is 326 g/mol. The van der Waals surface area contributed by atoms with E-state index in [1.54, 1.807) is 11.6 Å². The summed E-state index contributed by atoms with van der Waals surface area (Å²) < 4.78 is 33.5. The third kappa shape index (κ3) is 2.45. The monoisotopic (exact) mass is 337 g/mol. The van der Waals surface area contributed by atoms with Gasteiger partial charge in [0.2, 0.25) is 0 Å². The summed E-state index contributed by atoms with van der Waals surface area (Å²) in [5.74, 6) is 0. The summed E-state index contributed by atoms with van der Waals surface area (Å²) in [6, 6.07) is 0. The molecule has 7 nitrogen and oxygen atoms in total. The lowest BCUT2D eigenvalue weighted by atomic mass is 10.1. The highest BCUT2D eigenvalue weighted by Crippen LogP contribution is 2.26. The summed E-state index contributed by atoms with van der Waals surface area (Å²) in [7, 11) is -3.86. The van der Waals surface area contributed by atoms with E-state index in [-0.39, 0.29) is 23.3 Å². The summed E-state index contributed by atoms with van der Waals surface area (Å²) in [6.07, 6.45) is 1.98. The molecule has 0 aromatic carbocycles. The van der Waals surface area contributed by atoms with Gasteiger partial charge in [-0.05, 0) is 0 Å². The quantitative estimate of drug-likeness (QED) is 0.846. The lowest BCUT2D eigenvalue weighted by Crippen LogP contribution is -2.43. The largest absolute Gasteiger partial charge is 0.386 e. The Morgan fingerprint density at radius 3 is 3.15 bits per heavy atom. The van der Waals surface area contributed by atoms with Crippen LogP contribution in [-0.2, 0) is 14.8 Å². The average molecular weight is 338 g/mol. The van der Waals surface area contributed by atoms with Crippen LogP contribution in [0.25, 0.3) is 4.96 Å². The predicted octanol–water partition coefficient (Wildman–Crippen LogP) is 0.479. The van der Waals surface area contributed by atoms with Gasteiger partial charge < -0.3 is 9.84 Å². The number of fused-ring (bicyclic) bond motifs is 1. The van der Waals surface area contributed by atoms with Gasteiger partial charge in [-0.1, -0.05) is 11.6 Å². The zero-order valence-electron chi connectivity index (χ0n) is 10.2. The number of nitrogens with one attached hydrogen (secondary N) is 1. The normalized spacial score (nSPS) is 23.7.